The highest BCUT2D eigenvalue weighted by molar-refractivity contribution is 6.29. The average molecular weight is 584 g/mol. The predicted molar refractivity (Wildman–Crippen MR) is 151 cm³/mol. The van der Waals surface area contributed by atoms with Gasteiger partial charge in [0.15, 0.2) is 11.0 Å². The number of nitrogens with zero attached hydrogens (tertiary/aromatic N) is 1. The van der Waals surface area contributed by atoms with Gasteiger partial charge in [-0.1, -0.05) is 43.6 Å². The van der Waals surface area contributed by atoms with E-state index in [1.807, 2.05) is 24.3 Å². The van der Waals surface area contributed by atoms with Crippen LogP contribution in [0.4, 0.5) is 10.1 Å². The van der Waals surface area contributed by atoms with Crippen molar-refractivity contribution >= 4 is 35.0 Å². The van der Waals surface area contributed by atoms with Crippen molar-refractivity contribution in [3.63, 3.8) is 0 Å². The van der Waals surface area contributed by atoms with Gasteiger partial charge in [-0.15, -0.1) is 0 Å². The summed E-state index contributed by atoms with van der Waals surface area (Å²) in [5, 5.41) is 9.45. The monoisotopic (exact) mass is 583 g/mol. The van der Waals surface area contributed by atoms with Gasteiger partial charge >= 0.3 is 0 Å². The number of benzene rings is 1. The van der Waals surface area contributed by atoms with Crippen molar-refractivity contribution in [3.8, 4) is 0 Å². The molecule has 4 heterocycles. The van der Waals surface area contributed by atoms with Crippen molar-refractivity contribution in [2.45, 2.75) is 87.4 Å². The van der Waals surface area contributed by atoms with E-state index >= 15 is 4.39 Å². The van der Waals surface area contributed by atoms with E-state index in [1.54, 1.807) is 0 Å². The molecule has 0 unspecified atom stereocenters. The van der Waals surface area contributed by atoms with Crippen molar-refractivity contribution in [2.24, 2.45) is 11.1 Å². The maximum Gasteiger partial charge on any atom is 0.246 e. The molecule has 0 radical (unpaired) electrons. The molecule has 41 heavy (non-hydrogen) atoms. The number of rotatable bonds is 4. The maximum absolute atomic E-state index is 15.9. The first-order valence-electron chi connectivity index (χ1n) is 14.2. The third-order valence-corrected chi connectivity index (χ3v) is 10.1. The standard InChI is InChI=1S/C30H35ClFN5O4/c1-28(2)10-12-29(13-11-28)30(18-5-3-4-6-19(18)36-27(30)40)21(17-9-14-34-24(31)22(17)32)23(37-29)26(39)35-16-7-8-20(25(33)38)41-15-16/h3-6,9,14,16,20-21,23,37H,7-8,10-13,15H2,1-2H3,(H2,33,38)(H,35,39)(H,36,40)/t16-,20+,21+,23-,30-/m1/s1. The second kappa shape index (κ2) is 10.0. The van der Waals surface area contributed by atoms with E-state index in [1.165, 1.54) is 12.3 Å². The van der Waals surface area contributed by atoms with E-state index in [9.17, 15) is 14.4 Å². The molecule has 6 rings (SSSR count). The van der Waals surface area contributed by atoms with Crippen LogP contribution in [0.3, 0.4) is 0 Å². The van der Waals surface area contributed by atoms with Gasteiger partial charge in [0, 0.05) is 23.3 Å². The van der Waals surface area contributed by atoms with E-state index in [0.717, 1.165) is 18.4 Å². The molecule has 1 aliphatic carbocycles. The minimum absolute atomic E-state index is 0.0557. The first-order valence-corrected chi connectivity index (χ1v) is 14.6. The van der Waals surface area contributed by atoms with Crippen LogP contribution in [-0.2, 0) is 24.5 Å². The normalized spacial score (nSPS) is 31.6. The van der Waals surface area contributed by atoms with E-state index in [-0.39, 0.29) is 40.6 Å². The Kier molecular flexibility index (Phi) is 6.86. The van der Waals surface area contributed by atoms with Crippen LogP contribution < -0.4 is 21.7 Å². The second-order valence-electron chi connectivity index (χ2n) is 12.7. The Balaban J connectivity index is 1.48. The van der Waals surface area contributed by atoms with Crippen molar-refractivity contribution < 1.29 is 23.5 Å². The van der Waals surface area contributed by atoms with Crippen LogP contribution in [0.25, 0.3) is 0 Å². The fourth-order valence-corrected chi connectivity index (χ4v) is 7.85. The highest BCUT2D eigenvalue weighted by atomic mass is 35.5. The second-order valence-corrected chi connectivity index (χ2v) is 13.0. The number of para-hydroxylation sites is 1. The number of anilines is 1. The van der Waals surface area contributed by atoms with Gasteiger partial charge in [-0.2, -0.15) is 0 Å². The maximum atomic E-state index is 15.9. The topological polar surface area (TPSA) is 135 Å². The van der Waals surface area contributed by atoms with Crippen molar-refractivity contribution in [2.75, 3.05) is 11.9 Å². The van der Waals surface area contributed by atoms with Crippen LogP contribution in [0.1, 0.15) is 69.4 Å². The van der Waals surface area contributed by atoms with Crippen molar-refractivity contribution in [3.05, 3.63) is 58.6 Å². The summed E-state index contributed by atoms with van der Waals surface area (Å²) in [6, 6.07) is 7.67. The zero-order valence-corrected chi connectivity index (χ0v) is 23.9. The Morgan fingerprint density at radius 2 is 1.88 bits per heavy atom. The molecule has 2 saturated heterocycles. The number of amides is 3. The molecule has 0 bridgehead atoms. The zero-order chi connectivity index (χ0) is 29.2. The number of aromatic nitrogens is 1. The number of nitrogens with one attached hydrogen (secondary N) is 3. The van der Waals surface area contributed by atoms with Gasteiger partial charge in [0.25, 0.3) is 0 Å². The number of carbonyl (C=O) groups is 3. The van der Waals surface area contributed by atoms with E-state index in [0.29, 0.717) is 31.4 Å². The SMILES string of the molecule is CC1(C)CCC2(CC1)N[C@@H](C(=O)N[C@@H]1CC[C@@H](C(N)=O)OC1)[C@H](c1ccnc(Cl)c1F)[C@]21C(=O)Nc2ccccc21. The number of carbonyl (C=O) groups excluding carboxylic acids is 3. The lowest BCUT2D eigenvalue weighted by Crippen LogP contribution is -2.61. The Bertz CT molecular complexity index is 1400. The first-order chi connectivity index (χ1) is 19.5. The fraction of sp³-hybridized carbons (Fsp3) is 0.533. The first kappa shape index (κ1) is 28.1. The molecule has 5 N–H and O–H groups in total. The molecule has 1 saturated carbocycles. The minimum atomic E-state index is -1.28. The number of fused-ring (bicyclic) bond motifs is 3. The van der Waals surface area contributed by atoms with Crippen LogP contribution in [0.5, 0.6) is 0 Å². The van der Waals surface area contributed by atoms with Crippen LogP contribution in [-0.4, -0.2) is 53.0 Å². The summed E-state index contributed by atoms with van der Waals surface area (Å²) < 4.78 is 21.5. The molecule has 9 nitrogen and oxygen atoms in total. The highest BCUT2D eigenvalue weighted by Crippen LogP contribution is 2.63. The molecular weight excluding hydrogens is 549 g/mol. The lowest BCUT2D eigenvalue weighted by atomic mass is 9.53. The van der Waals surface area contributed by atoms with Crippen molar-refractivity contribution in [1.29, 1.82) is 0 Å². The van der Waals surface area contributed by atoms with E-state index < -0.39 is 40.7 Å². The third-order valence-electron chi connectivity index (χ3n) is 9.84. The summed E-state index contributed by atoms with van der Waals surface area (Å²) in [5.74, 6) is -2.83. The number of ether oxygens (including phenoxy) is 1. The molecule has 218 valence electrons. The molecule has 11 heteroatoms. The Morgan fingerprint density at radius 3 is 2.56 bits per heavy atom. The number of hydrogen-bond donors (Lipinski definition) is 4. The number of hydrogen-bond acceptors (Lipinski definition) is 6. The molecule has 2 spiro atoms. The number of halogens is 2. The van der Waals surface area contributed by atoms with Gasteiger partial charge in [-0.05, 0) is 67.2 Å². The predicted octanol–water partition coefficient (Wildman–Crippen LogP) is 3.31. The lowest BCUT2D eigenvalue weighted by Gasteiger charge is -2.50. The highest BCUT2D eigenvalue weighted by Gasteiger charge is 2.73. The number of primary amides is 1. The lowest BCUT2D eigenvalue weighted by molar-refractivity contribution is -0.134. The van der Waals surface area contributed by atoms with Crippen molar-refractivity contribution in [1.82, 2.24) is 15.6 Å². The van der Waals surface area contributed by atoms with Gasteiger partial charge in [0.05, 0.1) is 18.7 Å². The summed E-state index contributed by atoms with van der Waals surface area (Å²) in [7, 11) is 0. The van der Waals surface area contributed by atoms with Crippen LogP contribution in [0, 0.1) is 11.2 Å². The molecule has 5 atom stereocenters. The summed E-state index contributed by atoms with van der Waals surface area (Å²) in [6.07, 6.45) is 4.49. The quantitative estimate of drug-likeness (QED) is 0.408. The average Bonchev–Trinajstić information content (AvgIpc) is 3.41. The smallest absolute Gasteiger partial charge is 0.246 e. The molecule has 4 aliphatic rings. The van der Waals surface area contributed by atoms with Crippen LogP contribution >= 0.6 is 11.6 Å². The molecule has 3 amide bonds. The molecule has 3 aliphatic heterocycles. The molecule has 3 fully saturated rings. The van der Waals surface area contributed by atoms with Gasteiger partial charge < -0.3 is 21.1 Å². The fourth-order valence-electron chi connectivity index (χ4n) is 7.68. The zero-order valence-electron chi connectivity index (χ0n) is 23.1. The van der Waals surface area contributed by atoms with Gasteiger partial charge in [0.1, 0.15) is 11.5 Å². The van der Waals surface area contributed by atoms with E-state index in [4.69, 9.17) is 22.1 Å². The summed E-state index contributed by atoms with van der Waals surface area (Å²) in [5.41, 5.74) is 4.91. The molecule has 2 aromatic rings. The Hall–Kier alpha value is -3.08. The Morgan fingerprint density at radius 1 is 1.15 bits per heavy atom. The van der Waals surface area contributed by atoms with Gasteiger partial charge in [0.2, 0.25) is 17.7 Å². The Labute approximate surface area is 243 Å². The van der Waals surface area contributed by atoms with Crippen LogP contribution in [0.15, 0.2) is 36.5 Å². The summed E-state index contributed by atoms with van der Waals surface area (Å²) in [4.78, 5) is 44.1. The minimum Gasteiger partial charge on any atom is -0.367 e. The summed E-state index contributed by atoms with van der Waals surface area (Å²) in [6.45, 7) is 4.53. The molecule has 1 aromatic carbocycles. The number of nitrogens with two attached hydrogens (primary N) is 1. The number of pyridine rings is 1. The molecule has 1 aromatic heterocycles. The molecular formula is C30H35ClFN5O4. The van der Waals surface area contributed by atoms with Crippen LogP contribution in [0.2, 0.25) is 5.15 Å². The van der Waals surface area contributed by atoms with E-state index in [2.05, 4.69) is 34.8 Å². The largest absolute Gasteiger partial charge is 0.367 e. The van der Waals surface area contributed by atoms with Gasteiger partial charge in [-0.3, -0.25) is 19.7 Å². The third kappa shape index (κ3) is 4.33. The van der Waals surface area contributed by atoms with Gasteiger partial charge in [-0.25, -0.2) is 9.37 Å². The summed E-state index contributed by atoms with van der Waals surface area (Å²) >= 11 is 6.20.